The molecule has 0 fully saturated rings. The summed E-state index contributed by atoms with van der Waals surface area (Å²) >= 11 is 1.74. The van der Waals surface area contributed by atoms with Crippen LogP contribution in [0.1, 0.15) is 31.7 Å². The van der Waals surface area contributed by atoms with Crippen molar-refractivity contribution in [1.29, 1.82) is 0 Å². The summed E-state index contributed by atoms with van der Waals surface area (Å²) in [6.45, 7) is 6.86. The van der Waals surface area contributed by atoms with Crippen LogP contribution < -0.4 is 24.8 Å². The van der Waals surface area contributed by atoms with Crippen molar-refractivity contribution < 1.29 is 48.1 Å². The van der Waals surface area contributed by atoms with E-state index in [4.69, 9.17) is 0 Å². The van der Waals surface area contributed by atoms with Gasteiger partial charge >= 0.3 is 41.9 Å². The Morgan fingerprint density at radius 2 is 1.88 bits per heavy atom. The molecule has 0 nitrogen and oxygen atoms in total. The molecule has 0 aliphatic heterocycles. The summed E-state index contributed by atoms with van der Waals surface area (Å²) in [5, 5.41) is 2.82. The third kappa shape index (κ3) is 11.5. The van der Waals surface area contributed by atoms with Crippen molar-refractivity contribution in [2.75, 3.05) is 0 Å². The maximum atomic E-state index is 2.99. The molecule has 2 aromatic rings. The van der Waals surface area contributed by atoms with E-state index in [1.54, 1.807) is 23.3 Å². The topological polar surface area (TPSA) is 0 Å². The molecule has 0 amide bonds. The SMILES string of the molecule is CCCCc1c[cH-]c2ccccc12.C[Si](C)=[Zr+2].[C-]1=CC=CC1.[Cl-].[Cl-]. The van der Waals surface area contributed by atoms with E-state index < -0.39 is 0 Å². The van der Waals surface area contributed by atoms with Crippen LogP contribution in [0.3, 0.4) is 0 Å². The Labute approximate surface area is 175 Å². The first-order valence-corrected chi connectivity index (χ1v) is 14.2. The van der Waals surface area contributed by atoms with Gasteiger partial charge in [-0.25, -0.2) is 12.2 Å². The summed E-state index contributed by atoms with van der Waals surface area (Å²) in [7, 11) is 0. The molecular formula is C20H26Cl2SiZr-2. The average Bonchev–Trinajstić information content (AvgIpc) is 3.18. The fourth-order valence-electron chi connectivity index (χ4n) is 2.14. The minimum Gasteiger partial charge on any atom is -1.00 e. The molecule has 3 rings (SSSR count). The van der Waals surface area contributed by atoms with Crippen molar-refractivity contribution in [2.24, 2.45) is 0 Å². The van der Waals surface area contributed by atoms with Crippen LogP contribution in [-0.4, -0.2) is 5.43 Å². The number of unbranched alkanes of at least 4 members (excludes halogenated alkanes) is 1. The number of hydrogen-bond acceptors (Lipinski definition) is 0. The monoisotopic (exact) mass is 454 g/mol. The first-order valence-electron chi connectivity index (χ1n) is 8.02. The summed E-state index contributed by atoms with van der Waals surface area (Å²) in [6.07, 6.45) is 13.8. The molecule has 0 atom stereocenters. The van der Waals surface area contributed by atoms with Gasteiger partial charge in [-0.1, -0.05) is 32.3 Å². The molecule has 0 radical (unpaired) electrons. The van der Waals surface area contributed by atoms with Crippen LogP contribution in [-0.2, 0) is 29.8 Å². The van der Waals surface area contributed by atoms with Crippen LogP contribution in [0.2, 0.25) is 13.1 Å². The van der Waals surface area contributed by atoms with Gasteiger partial charge in [0.05, 0.1) is 0 Å². The molecule has 0 spiro atoms. The van der Waals surface area contributed by atoms with Crippen LogP contribution in [0, 0.1) is 6.08 Å². The van der Waals surface area contributed by atoms with Gasteiger partial charge in [0.2, 0.25) is 0 Å². The number of halogens is 2. The molecule has 0 saturated carbocycles. The van der Waals surface area contributed by atoms with E-state index in [-0.39, 0.29) is 30.2 Å². The Morgan fingerprint density at radius 1 is 1.21 bits per heavy atom. The van der Waals surface area contributed by atoms with Crippen LogP contribution in [0.25, 0.3) is 10.8 Å². The minimum absolute atomic E-state index is 0. The van der Waals surface area contributed by atoms with Crippen molar-refractivity contribution in [1.82, 2.24) is 0 Å². The summed E-state index contributed by atoms with van der Waals surface area (Å²) in [5.41, 5.74) is 1.72. The van der Waals surface area contributed by atoms with E-state index >= 15 is 0 Å². The van der Waals surface area contributed by atoms with Crippen molar-refractivity contribution in [2.45, 2.75) is 45.7 Å². The van der Waals surface area contributed by atoms with Crippen LogP contribution >= 0.6 is 0 Å². The molecule has 0 heterocycles. The Bertz CT molecular complexity index is 615. The predicted octanol–water partition coefficient (Wildman–Crippen LogP) is -0.000710. The Morgan fingerprint density at radius 3 is 2.38 bits per heavy atom. The van der Waals surface area contributed by atoms with Crippen molar-refractivity contribution in [3.63, 3.8) is 0 Å². The molecule has 0 bridgehead atoms. The van der Waals surface area contributed by atoms with E-state index in [0.29, 0.717) is 0 Å². The Kier molecular flexibility index (Phi) is 18.0. The van der Waals surface area contributed by atoms with Gasteiger partial charge in [0.15, 0.2) is 0 Å². The second kappa shape index (κ2) is 16.5. The Balaban J connectivity index is 0. The van der Waals surface area contributed by atoms with Gasteiger partial charge in [0, 0.05) is 0 Å². The summed E-state index contributed by atoms with van der Waals surface area (Å²) in [5.74, 6) is 0. The van der Waals surface area contributed by atoms with Gasteiger partial charge in [-0.2, -0.15) is 11.6 Å². The van der Waals surface area contributed by atoms with Gasteiger partial charge in [0.1, 0.15) is 0 Å². The van der Waals surface area contributed by atoms with Crippen molar-refractivity contribution >= 4 is 16.2 Å². The summed E-state index contributed by atoms with van der Waals surface area (Å²) in [6, 6.07) is 13.1. The molecule has 24 heavy (non-hydrogen) atoms. The molecule has 1 aliphatic carbocycles. The van der Waals surface area contributed by atoms with E-state index in [1.165, 1.54) is 35.6 Å². The summed E-state index contributed by atoms with van der Waals surface area (Å²) in [4.78, 5) is 0. The largest absolute Gasteiger partial charge is 1.00 e. The van der Waals surface area contributed by atoms with E-state index in [0.717, 1.165) is 6.42 Å². The van der Waals surface area contributed by atoms with Crippen molar-refractivity contribution in [3.8, 4) is 0 Å². The van der Waals surface area contributed by atoms with Gasteiger partial charge in [-0.15, -0.1) is 47.5 Å². The normalized spacial score (nSPS) is 10.7. The molecular weight excluding hydrogens is 430 g/mol. The van der Waals surface area contributed by atoms with E-state index in [9.17, 15) is 0 Å². The fraction of sp³-hybridized carbons (Fsp3) is 0.350. The molecule has 0 N–H and O–H groups in total. The van der Waals surface area contributed by atoms with Crippen molar-refractivity contribution in [3.05, 3.63) is 66.3 Å². The summed E-state index contributed by atoms with van der Waals surface area (Å²) < 4.78 is 0. The first kappa shape index (κ1) is 26.2. The molecule has 0 unspecified atom stereocenters. The molecule has 4 heteroatoms. The predicted molar refractivity (Wildman–Crippen MR) is 97.2 cm³/mol. The molecule has 130 valence electrons. The quantitative estimate of drug-likeness (QED) is 0.451. The number of hydrogen-bond donors (Lipinski definition) is 0. The molecule has 1 aliphatic rings. The van der Waals surface area contributed by atoms with Gasteiger partial charge in [0.25, 0.3) is 0 Å². The fourth-order valence-corrected chi connectivity index (χ4v) is 2.14. The second-order valence-corrected chi connectivity index (χ2v) is 14.9. The number of fused-ring (bicyclic) bond motifs is 1. The number of allylic oxidation sites excluding steroid dienone is 4. The van der Waals surface area contributed by atoms with Gasteiger partial charge in [-0.3, -0.25) is 6.08 Å². The second-order valence-electron chi connectivity index (χ2n) is 5.55. The molecule has 0 saturated heterocycles. The van der Waals surface area contributed by atoms with Gasteiger partial charge < -0.3 is 24.8 Å². The molecule has 0 aromatic heterocycles. The van der Waals surface area contributed by atoms with Crippen LogP contribution in [0.5, 0.6) is 0 Å². The minimum atomic E-state index is 0. The van der Waals surface area contributed by atoms with Crippen LogP contribution in [0.4, 0.5) is 0 Å². The maximum Gasteiger partial charge on any atom is -0.109 e. The average molecular weight is 457 g/mol. The third-order valence-electron chi connectivity index (χ3n) is 3.16. The number of benzene rings is 1. The zero-order valence-electron chi connectivity index (χ0n) is 14.8. The maximum absolute atomic E-state index is 2.99. The molecule has 2 aromatic carbocycles. The standard InChI is InChI=1S/C13H15.C5H5.C2H6Si.2ClH.Zr/c1-2-3-6-11-9-10-12-7-4-5-8-13(11)12;1-2-4-5-3-1;1-3-2;;;/h4-5,7-10H,2-3,6H2,1H3;1-3H,4H2;1-2H3;2*1H;/q2*-1;;;;+2/p-2. The van der Waals surface area contributed by atoms with E-state index in [1.807, 2.05) is 12.2 Å². The zero-order valence-corrected chi connectivity index (χ0v) is 19.8. The number of aryl methyl sites for hydroxylation is 1. The van der Waals surface area contributed by atoms with Crippen LogP contribution in [0.15, 0.2) is 54.6 Å². The zero-order chi connectivity index (χ0) is 16.2. The third-order valence-corrected chi connectivity index (χ3v) is 3.16. The van der Waals surface area contributed by atoms with Gasteiger partial charge in [-0.05, 0) is 0 Å². The smallest absolute Gasteiger partial charge is 0.109 e. The first-order chi connectivity index (χ1) is 10.6. The Hall–Kier alpha value is -0.0100. The number of rotatable bonds is 3. The van der Waals surface area contributed by atoms with E-state index in [2.05, 4.69) is 68.6 Å².